The highest BCUT2D eigenvalue weighted by Gasteiger charge is 2.16. The predicted octanol–water partition coefficient (Wildman–Crippen LogP) is 2.71. The lowest BCUT2D eigenvalue weighted by atomic mass is 10.2. The van der Waals surface area contributed by atoms with Crippen LogP contribution in [0.1, 0.15) is 12.8 Å². The fourth-order valence-corrected chi connectivity index (χ4v) is 2.31. The zero-order valence-corrected chi connectivity index (χ0v) is 12.2. The number of thiocarbonyl (C=S) groups is 1. The molecule has 0 saturated carbocycles. The van der Waals surface area contributed by atoms with Gasteiger partial charge in [0, 0.05) is 24.9 Å². The van der Waals surface area contributed by atoms with Gasteiger partial charge in [-0.05, 0) is 37.2 Å². The van der Waals surface area contributed by atoms with Crippen molar-refractivity contribution < 1.29 is 9.66 Å². The SMILES string of the molecule is O=[N+]([O-])c1cc(NC(=S)NC[C@@H]2CCCO2)ccc1Cl. The zero-order valence-electron chi connectivity index (χ0n) is 10.6. The third-order valence-electron chi connectivity index (χ3n) is 2.91. The van der Waals surface area contributed by atoms with Crippen LogP contribution in [-0.4, -0.2) is 29.3 Å². The maximum atomic E-state index is 10.8. The van der Waals surface area contributed by atoms with Gasteiger partial charge in [0.15, 0.2) is 5.11 Å². The fraction of sp³-hybridized carbons (Fsp3) is 0.417. The molecule has 1 fully saturated rings. The summed E-state index contributed by atoms with van der Waals surface area (Å²) in [5.41, 5.74) is 0.365. The lowest BCUT2D eigenvalue weighted by Crippen LogP contribution is -2.34. The van der Waals surface area contributed by atoms with E-state index in [0.29, 0.717) is 17.3 Å². The van der Waals surface area contributed by atoms with E-state index in [4.69, 9.17) is 28.6 Å². The number of rotatable bonds is 4. The number of nitrogens with zero attached hydrogens (tertiary/aromatic N) is 1. The summed E-state index contributed by atoms with van der Waals surface area (Å²) >= 11 is 10.9. The topological polar surface area (TPSA) is 76.4 Å². The average molecular weight is 316 g/mol. The highest BCUT2D eigenvalue weighted by molar-refractivity contribution is 7.80. The molecule has 0 aliphatic carbocycles. The van der Waals surface area contributed by atoms with Crippen LogP contribution in [0.2, 0.25) is 5.02 Å². The molecular weight excluding hydrogens is 302 g/mol. The molecule has 2 rings (SSSR count). The Morgan fingerprint density at radius 3 is 3.05 bits per heavy atom. The van der Waals surface area contributed by atoms with Crippen molar-refractivity contribution >= 4 is 40.3 Å². The minimum absolute atomic E-state index is 0.0961. The lowest BCUT2D eigenvalue weighted by molar-refractivity contribution is -0.384. The van der Waals surface area contributed by atoms with Crippen LogP contribution in [-0.2, 0) is 4.74 Å². The van der Waals surface area contributed by atoms with E-state index in [2.05, 4.69) is 10.6 Å². The molecule has 0 aromatic heterocycles. The number of benzene rings is 1. The van der Waals surface area contributed by atoms with E-state index in [1.54, 1.807) is 6.07 Å². The zero-order chi connectivity index (χ0) is 14.5. The van der Waals surface area contributed by atoms with Crippen LogP contribution in [0.15, 0.2) is 18.2 Å². The number of hydrogen-bond acceptors (Lipinski definition) is 4. The quantitative estimate of drug-likeness (QED) is 0.505. The average Bonchev–Trinajstić information content (AvgIpc) is 2.91. The van der Waals surface area contributed by atoms with E-state index >= 15 is 0 Å². The second-order valence-corrected chi connectivity index (χ2v) is 5.21. The Labute approximate surface area is 126 Å². The predicted molar refractivity (Wildman–Crippen MR) is 81.3 cm³/mol. The third-order valence-corrected chi connectivity index (χ3v) is 3.48. The monoisotopic (exact) mass is 315 g/mol. The van der Waals surface area contributed by atoms with Gasteiger partial charge < -0.3 is 15.4 Å². The molecule has 6 nitrogen and oxygen atoms in total. The van der Waals surface area contributed by atoms with Gasteiger partial charge >= 0.3 is 0 Å². The number of halogens is 1. The second-order valence-electron chi connectivity index (χ2n) is 4.39. The molecule has 108 valence electrons. The summed E-state index contributed by atoms with van der Waals surface area (Å²) in [7, 11) is 0. The third kappa shape index (κ3) is 4.03. The van der Waals surface area contributed by atoms with Crippen molar-refractivity contribution in [2.24, 2.45) is 0 Å². The molecular formula is C12H14ClN3O3S. The smallest absolute Gasteiger partial charge is 0.289 e. The fourth-order valence-electron chi connectivity index (χ4n) is 1.92. The Bertz CT molecular complexity index is 521. The Kier molecular flexibility index (Phi) is 5.11. The Morgan fingerprint density at radius 1 is 1.60 bits per heavy atom. The van der Waals surface area contributed by atoms with Crippen molar-refractivity contribution in [1.82, 2.24) is 5.32 Å². The molecule has 1 heterocycles. The molecule has 1 aliphatic rings. The molecule has 1 atom stereocenters. The summed E-state index contributed by atoms with van der Waals surface area (Å²) in [5, 5.41) is 17.2. The summed E-state index contributed by atoms with van der Waals surface area (Å²) in [4.78, 5) is 10.3. The Hall–Kier alpha value is -1.44. The first-order valence-electron chi connectivity index (χ1n) is 6.16. The molecule has 0 bridgehead atoms. The van der Waals surface area contributed by atoms with Crippen LogP contribution in [0.3, 0.4) is 0 Å². The molecule has 2 N–H and O–H groups in total. The largest absolute Gasteiger partial charge is 0.376 e. The van der Waals surface area contributed by atoms with Gasteiger partial charge in [-0.1, -0.05) is 11.6 Å². The summed E-state index contributed by atoms with van der Waals surface area (Å²) in [6.45, 7) is 1.41. The van der Waals surface area contributed by atoms with Crippen LogP contribution in [0.4, 0.5) is 11.4 Å². The molecule has 20 heavy (non-hydrogen) atoms. The maximum Gasteiger partial charge on any atom is 0.289 e. The van der Waals surface area contributed by atoms with E-state index in [1.807, 2.05) is 0 Å². The molecule has 1 aromatic rings. The number of nitrogens with one attached hydrogen (secondary N) is 2. The summed E-state index contributed by atoms with van der Waals surface area (Å²) in [6, 6.07) is 4.45. The van der Waals surface area contributed by atoms with Gasteiger partial charge in [0.05, 0.1) is 11.0 Å². The van der Waals surface area contributed by atoms with Gasteiger partial charge in [-0.2, -0.15) is 0 Å². The van der Waals surface area contributed by atoms with Crippen molar-refractivity contribution in [3.05, 3.63) is 33.3 Å². The first kappa shape index (κ1) is 15.0. The van der Waals surface area contributed by atoms with E-state index in [-0.39, 0.29) is 16.8 Å². The minimum atomic E-state index is -0.531. The number of hydrogen-bond donors (Lipinski definition) is 2. The maximum absolute atomic E-state index is 10.8. The molecule has 1 aliphatic heterocycles. The standard InChI is InChI=1S/C12H14ClN3O3S/c13-10-4-3-8(6-11(10)16(17)18)15-12(20)14-7-9-2-1-5-19-9/h3-4,6,9H,1-2,5,7H2,(H2,14,15,20)/t9-/m0/s1. The van der Waals surface area contributed by atoms with Gasteiger partial charge in [-0.3, -0.25) is 10.1 Å². The molecule has 0 radical (unpaired) electrons. The van der Waals surface area contributed by atoms with Gasteiger partial charge in [0.2, 0.25) is 0 Å². The first-order valence-corrected chi connectivity index (χ1v) is 6.95. The first-order chi connectivity index (χ1) is 9.56. The van der Waals surface area contributed by atoms with Crippen LogP contribution >= 0.6 is 23.8 Å². The van der Waals surface area contributed by atoms with E-state index in [1.165, 1.54) is 12.1 Å². The van der Waals surface area contributed by atoms with Crippen molar-refractivity contribution in [1.29, 1.82) is 0 Å². The summed E-state index contributed by atoms with van der Waals surface area (Å²) in [6.07, 6.45) is 2.26. The summed E-state index contributed by atoms with van der Waals surface area (Å²) in [5.74, 6) is 0. The second kappa shape index (κ2) is 6.83. The lowest BCUT2D eigenvalue weighted by Gasteiger charge is -2.14. The Morgan fingerprint density at radius 2 is 2.40 bits per heavy atom. The van der Waals surface area contributed by atoms with Crippen molar-refractivity contribution in [3.63, 3.8) is 0 Å². The molecule has 0 spiro atoms. The van der Waals surface area contributed by atoms with E-state index in [0.717, 1.165) is 19.4 Å². The van der Waals surface area contributed by atoms with Crippen molar-refractivity contribution in [3.8, 4) is 0 Å². The molecule has 8 heteroatoms. The molecule has 1 aromatic carbocycles. The van der Waals surface area contributed by atoms with Crippen LogP contribution < -0.4 is 10.6 Å². The number of anilines is 1. The van der Waals surface area contributed by atoms with E-state index < -0.39 is 4.92 Å². The highest BCUT2D eigenvalue weighted by atomic mass is 35.5. The van der Waals surface area contributed by atoms with Crippen LogP contribution in [0.25, 0.3) is 0 Å². The van der Waals surface area contributed by atoms with Crippen molar-refractivity contribution in [2.45, 2.75) is 18.9 Å². The summed E-state index contributed by atoms with van der Waals surface area (Å²) < 4.78 is 5.46. The Balaban J connectivity index is 1.90. The number of ether oxygens (including phenoxy) is 1. The number of nitro groups is 1. The molecule has 0 unspecified atom stereocenters. The van der Waals surface area contributed by atoms with Gasteiger partial charge in [-0.25, -0.2) is 0 Å². The van der Waals surface area contributed by atoms with Gasteiger partial charge in [0.25, 0.3) is 5.69 Å². The minimum Gasteiger partial charge on any atom is -0.376 e. The molecule has 1 saturated heterocycles. The van der Waals surface area contributed by atoms with Crippen LogP contribution in [0.5, 0.6) is 0 Å². The normalized spacial score (nSPS) is 17.8. The molecule has 0 amide bonds. The van der Waals surface area contributed by atoms with Crippen LogP contribution in [0, 0.1) is 10.1 Å². The number of nitro benzene ring substituents is 1. The van der Waals surface area contributed by atoms with Gasteiger partial charge in [0.1, 0.15) is 5.02 Å². The van der Waals surface area contributed by atoms with E-state index in [9.17, 15) is 10.1 Å². The van der Waals surface area contributed by atoms with Crippen molar-refractivity contribution in [2.75, 3.05) is 18.5 Å². The highest BCUT2D eigenvalue weighted by Crippen LogP contribution is 2.27. The van der Waals surface area contributed by atoms with Gasteiger partial charge in [-0.15, -0.1) is 0 Å².